The fraction of sp³-hybridized carbons (Fsp3) is 0.500. The molecule has 0 heterocycles. The van der Waals surface area contributed by atoms with E-state index in [9.17, 15) is 4.79 Å². The van der Waals surface area contributed by atoms with Gasteiger partial charge >= 0.3 is 0 Å². The Kier molecular flexibility index (Phi) is 6.06. The molecule has 0 aromatic heterocycles. The average Bonchev–Trinajstić information content (AvgIpc) is 2.34. The van der Waals surface area contributed by atoms with Crippen molar-refractivity contribution in [2.75, 3.05) is 6.54 Å². The molecule has 2 nitrogen and oxygen atoms in total. The first-order chi connectivity index (χ1) is 8.13. The maximum absolute atomic E-state index is 11.7. The number of benzene rings is 1. The van der Waals surface area contributed by atoms with Crippen molar-refractivity contribution in [2.24, 2.45) is 0 Å². The van der Waals surface area contributed by atoms with E-state index in [1.54, 1.807) is 0 Å². The molecule has 1 aromatic carbocycles. The van der Waals surface area contributed by atoms with Crippen LogP contribution in [-0.2, 0) is 6.42 Å². The van der Waals surface area contributed by atoms with E-state index < -0.39 is 0 Å². The lowest BCUT2D eigenvalue weighted by atomic mass is 10.1. The molecule has 0 bridgehead atoms. The topological polar surface area (TPSA) is 29.1 Å². The predicted molar refractivity (Wildman–Crippen MR) is 72.7 cm³/mol. The average molecular weight is 254 g/mol. The first-order valence-corrected chi connectivity index (χ1v) is 6.58. The Hall–Kier alpha value is -1.02. The van der Waals surface area contributed by atoms with Gasteiger partial charge in [0.1, 0.15) is 0 Å². The monoisotopic (exact) mass is 253 g/mol. The van der Waals surface area contributed by atoms with E-state index in [2.05, 4.69) is 12.2 Å². The van der Waals surface area contributed by atoms with Crippen molar-refractivity contribution >= 4 is 17.5 Å². The van der Waals surface area contributed by atoms with Crippen molar-refractivity contribution < 1.29 is 4.79 Å². The molecule has 17 heavy (non-hydrogen) atoms. The highest BCUT2D eigenvalue weighted by Crippen LogP contribution is 2.06. The molecule has 1 aromatic rings. The molecule has 94 valence electrons. The Balaban J connectivity index is 2.36. The minimum absolute atomic E-state index is 0.00474. The van der Waals surface area contributed by atoms with E-state index in [1.807, 2.05) is 31.2 Å². The molecule has 0 radical (unpaired) electrons. The van der Waals surface area contributed by atoms with Crippen LogP contribution in [0.1, 0.15) is 42.6 Å². The van der Waals surface area contributed by atoms with Gasteiger partial charge < -0.3 is 5.32 Å². The quantitative estimate of drug-likeness (QED) is 0.611. The van der Waals surface area contributed by atoms with Crippen molar-refractivity contribution in [1.82, 2.24) is 5.32 Å². The fourth-order valence-corrected chi connectivity index (χ4v) is 1.73. The number of hydrogen-bond acceptors (Lipinski definition) is 1. The first-order valence-electron chi connectivity index (χ1n) is 6.14. The molecule has 0 fully saturated rings. The fourth-order valence-electron chi connectivity index (χ4n) is 1.58. The number of nitrogens with one attached hydrogen (secondary N) is 1. The number of carbonyl (C=O) groups excluding carboxylic acids is 1. The Labute approximate surface area is 108 Å². The zero-order chi connectivity index (χ0) is 12.7. The van der Waals surface area contributed by atoms with Crippen LogP contribution in [0.4, 0.5) is 0 Å². The highest BCUT2D eigenvalue weighted by Gasteiger charge is 2.04. The molecule has 0 saturated carbocycles. The van der Waals surface area contributed by atoms with Crippen LogP contribution in [0.3, 0.4) is 0 Å². The van der Waals surface area contributed by atoms with Gasteiger partial charge in [-0.2, -0.15) is 0 Å². The van der Waals surface area contributed by atoms with Crippen molar-refractivity contribution in [3.05, 3.63) is 35.4 Å². The summed E-state index contributed by atoms with van der Waals surface area (Å²) < 4.78 is 0. The number of hydrogen-bond donors (Lipinski definition) is 1. The van der Waals surface area contributed by atoms with Gasteiger partial charge in [0.05, 0.1) is 0 Å². The van der Waals surface area contributed by atoms with Gasteiger partial charge in [0.25, 0.3) is 5.91 Å². The highest BCUT2D eigenvalue weighted by molar-refractivity contribution is 6.20. The van der Waals surface area contributed by atoms with Crippen LogP contribution in [0.25, 0.3) is 0 Å². The second-order valence-corrected chi connectivity index (χ2v) is 4.97. The van der Waals surface area contributed by atoms with Crippen molar-refractivity contribution in [3.63, 3.8) is 0 Å². The maximum Gasteiger partial charge on any atom is 0.251 e. The van der Waals surface area contributed by atoms with Gasteiger partial charge in [-0.05, 0) is 43.9 Å². The van der Waals surface area contributed by atoms with Crippen molar-refractivity contribution in [3.8, 4) is 0 Å². The minimum Gasteiger partial charge on any atom is -0.352 e. The molecule has 1 amide bonds. The lowest BCUT2D eigenvalue weighted by Crippen LogP contribution is -2.24. The molecule has 0 aliphatic rings. The van der Waals surface area contributed by atoms with E-state index >= 15 is 0 Å². The summed E-state index contributed by atoms with van der Waals surface area (Å²) in [6.07, 6.45) is 2.84. The second-order valence-electron chi connectivity index (χ2n) is 4.23. The Morgan fingerprint density at radius 1 is 1.35 bits per heavy atom. The number of carbonyl (C=O) groups is 1. The third-order valence-corrected chi connectivity index (χ3v) is 2.91. The zero-order valence-electron chi connectivity index (χ0n) is 10.5. The third kappa shape index (κ3) is 5.22. The van der Waals surface area contributed by atoms with E-state index in [4.69, 9.17) is 11.6 Å². The summed E-state index contributed by atoms with van der Waals surface area (Å²) in [5.74, 6) is -0.00474. The number of halogens is 1. The number of amides is 1. The molecule has 0 aliphatic carbocycles. The summed E-state index contributed by atoms with van der Waals surface area (Å²) in [5.41, 5.74) is 1.97. The molecule has 3 heteroatoms. The van der Waals surface area contributed by atoms with Gasteiger partial charge in [-0.3, -0.25) is 4.79 Å². The van der Waals surface area contributed by atoms with Crippen molar-refractivity contribution in [1.29, 1.82) is 0 Å². The molecule has 0 spiro atoms. The standard InChI is InChI=1S/C14H20ClNO/c1-3-12-6-8-13(9-7-12)14(17)16-10-4-5-11(2)15/h6-9,11H,3-5,10H2,1-2H3,(H,16,17). The molecule has 1 rings (SSSR count). The predicted octanol–water partition coefficient (Wildman–Crippen LogP) is 3.39. The highest BCUT2D eigenvalue weighted by atomic mass is 35.5. The largest absolute Gasteiger partial charge is 0.352 e. The molecule has 0 saturated heterocycles. The number of aryl methyl sites for hydroxylation is 1. The molecule has 1 atom stereocenters. The van der Waals surface area contributed by atoms with Gasteiger partial charge in [-0.25, -0.2) is 0 Å². The third-order valence-electron chi connectivity index (χ3n) is 2.69. The zero-order valence-corrected chi connectivity index (χ0v) is 11.3. The summed E-state index contributed by atoms with van der Waals surface area (Å²) in [5, 5.41) is 3.07. The van der Waals surface area contributed by atoms with Crippen LogP contribution < -0.4 is 5.32 Å². The summed E-state index contributed by atoms with van der Waals surface area (Å²) in [6, 6.07) is 7.74. The summed E-state index contributed by atoms with van der Waals surface area (Å²) >= 11 is 5.83. The Bertz CT molecular complexity index is 346. The van der Waals surface area contributed by atoms with Gasteiger partial charge in [0.2, 0.25) is 0 Å². The van der Waals surface area contributed by atoms with E-state index in [-0.39, 0.29) is 11.3 Å². The van der Waals surface area contributed by atoms with Crippen LogP contribution in [0.15, 0.2) is 24.3 Å². The van der Waals surface area contributed by atoms with Crippen molar-refractivity contribution in [2.45, 2.75) is 38.5 Å². The number of alkyl halides is 1. The van der Waals surface area contributed by atoms with Crippen LogP contribution in [0.5, 0.6) is 0 Å². The van der Waals surface area contributed by atoms with Gasteiger partial charge in [0, 0.05) is 17.5 Å². The van der Waals surface area contributed by atoms with Crippen LogP contribution in [0, 0.1) is 0 Å². The summed E-state index contributed by atoms with van der Waals surface area (Å²) in [4.78, 5) is 11.7. The molecular formula is C14H20ClNO. The smallest absolute Gasteiger partial charge is 0.251 e. The molecule has 0 aliphatic heterocycles. The second kappa shape index (κ2) is 7.33. The Morgan fingerprint density at radius 2 is 2.00 bits per heavy atom. The maximum atomic E-state index is 11.7. The first kappa shape index (κ1) is 14.0. The van der Waals surface area contributed by atoms with Gasteiger partial charge in [-0.1, -0.05) is 19.1 Å². The molecule has 1 unspecified atom stereocenters. The van der Waals surface area contributed by atoms with Crippen LogP contribution >= 0.6 is 11.6 Å². The minimum atomic E-state index is -0.00474. The molecule has 1 N–H and O–H groups in total. The van der Waals surface area contributed by atoms with Gasteiger partial charge in [0.15, 0.2) is 0 Å². The van der Waals surface area contributed by atoms with Crippen LogP contribution in [0.2, 0.25) is 0 Å². The number of rotatable bonds is 6. The summed E-state index contributed by atoms with van der Waals surface area (Å²) in [7, 11) is 0. The van der Waals surface area contributed by atoms with E-state index in [1.165, 1.54) is 5.56 Å². The SMILES string of the molecule is CCc1ccc(C(=O)NCCCC(C)Cl)cc1. The van der Waals surface area contributed by atoms with E-state index in [0.717, 1.165) is 24.8 Å². The van der Waals surface area contributed by atoms with Crippen LogP contribution in [-0.4, -0.2) is 17.8 Å². The normalized spacial score (nSPS) is 12.2. The summed E-state index contributed by atoms with van der Waals surface area (Å²) in [6.45, 7) is 4.75. The van der Waals surface area contributed by atoms with Gasteiger partial charge in [-0.15, -0.1) is 11.6 Å². The lowest BCUT2D eigenvalue weighted by Gasteiger charge is -2.06. The molecular weight excluding hydrogens is 234 g/mol. The lowest BCUT2D eigenvalue weighted by molar-refractivity contribution is 0.0953. The van der Waals surface area contributed by atoms with E-state index in [0.29, 0.717) is 6.54 Å². The Morgan fingerprint density at radius 3 is 2.53 bits per heavy atom.